The number of fused-ring (bicyclic) bond motifs is 1. The van der Waals surface area contributed by atoms with Crippen molar-refractivity contribution in [1.29, 1.82) is 0 Å². The predicted octanol–water partition coefficient (Wildman–Crippen LogP) is 4.31. The second-order valence-electron chi connectivity index (χ2n) is 6.64. The Balaban J connectivity index is 1.69. The maximum absolute atomic E-state index is 13.5. The van der Waals surface area contributed by atoms with Crippen LogP contribution in [0.5, 0.6) is 5.75 Å². The summed E-state index contributed by atoms with van der Waals surface area (Å²) < 4.78 is 33.0. The van der Waals surface area contributed by atoms with Gasteiger partial charge in [-0.15, -0.1) is 0 Å². The lowest BCUT2D eigenvalue weighted by Gasteiger charge is -2.20. The van der Waals surface area contributed by atoms with Crippen LogP contribution in [0.4, 0.5) is 8.78 Å². The number of aromatic amines is 1. The summed E-state index contributed by atoms with van der Waals surface area (Å²) in [6.07, 6.45) is 4.12. The van der Waals surface area contributed by atoms with E-state index in [9.17, 15) is 8.78 Å². The Kier molecular flexibility index (Phi) is 4.42. The van der Waals surface area contributed by atoms with E-state index in [0.29, 0.717) is 0 Å². The average Bonchev–Trinajstić information content (AvgIpc) is 3.07. The molecule has 3 aromatic rings. The van der Waals surface area contributed by atoms with E-state index in [1.807, 2.05) is 18.3 Å². The molecule has 0 spiro atoms. The van der Waals surface area contributed by atoms with Crippen LogP contribution < -0.4 is 4.74 Å². The minimum Gasteiger partial charge on any atom is -0.485 e. The Labute approximate surface area is 150 Å². The second-order valence-corrected chi connectivity index (χ2v) is 6.64. The maximum atomic E-state index is 13.5. The van der Waals surface area contributed by atoms with Crippen LogP contribution in [0, 0.1) is 11.6 Å². The highest BCUT2D eigenvalue weighted by molar-refractivity contribution is 5.63. The van der Waals surface area contributed by atoms with Gasteiger partial charge >= 0.3 is 0 Å². The molecule has 1 N–H and O–H groups in total. The lowest BCUT2D eigenvalue weighted by Crippen LogP contribution is -2.18. The normalized spacial score (nSPS) is 17.6. The van der Waals surface area contributed by atoms with Gasteiger partial charge in [0.25, 0.3) is 0 Å². The largest absolute Gasteiger partial charge is 0.485 e. The highest BCUT2D eigenvalue weighted by Crippen LogP contribution is 2.33. The fourth-order valence-electron chi connectivity index (χ4n) is 3.39. The molecule has 0 bridgehead atoms. The zero-order valence-corrected chi connectivity index (χ0v) is 14.4. The lowest BCUT2D eigenvalue weighted by molar-refractivity contribution is 0.181. The highest BCUT2D eigenvalue weighted by Gasteiger charge is 2.23. The third-order valence-corrected chi connectivity index (χ3v) is 4.65. The minimum absolute atomic E-state index is 0.210. The summed E-state index contributed by atoms with van der Waals surface area (Å²) in [7, 11) is 2.05. The Bertz CT molecular complexity index is 891. The van der Waals surface area contributed by atoms with E-state index in [2.05, 4.69) is 28.2 Å². The van der Waals surface area contributed by atoms with E-state index in [4.69, 9.17) is 4.74 Å². The number of nitrogens with one attached hydrogen (secondary N) is 1. The second kappa shape index (κ2) is 6.88. The van der Waals surface area contributed by atoms with Crippen LogP contribution in [-0.4, -0.2) is 28.7 Å². The summed E-state index contributed by atoms with van der Waals surface area (Å²) in [5.41, 5.74) is 4.28. The Morgan fingerprint density at radius 2 is 1.92 bits per heavy atom. The molecule has 26 heavy (non-hydrogen) atoms. The van der Waals surface area contributed by atoms with Crippen LogP contribution in [0.1, 0.15) is 23.7 Å². The van der Waals surface area contributed by atoms with Gasteiger partial charge in [0.15, 0.2) is 0 Å². The molecular formula is C20H19F2N3O. The fraction of sp³-hybridized carbons (Fsp3) is 0.250. The smallest absolute Gasteiger partial charge is 0.129 e. The first kappa shape index (κ1) is 16.7. The first-order chi connectivity index (χ1) is 12.6. The van der Waals surface area contributed by atoms with Gasteiger partial charge in [0.05, 0.1) is 6.20 Å². The topological polar surface area (TPSA) is 41.1 Å². The van der Waals surface area contributed by atoms with Crippen molar-refractivity contribution in [2.45, 2.75) is 19.1 Å². The first-order valence-corrected chi connectivity index (χ1v) is 8.52. The van der Waals surface area contributed by atoms with Crippen LogP contribution in [0.25, 0.3) is 11.1 Å². The molecule has 1 unspecified atom stereocenters. The standard InChI is InChI=1S/C20H19F2N3O/c1-25-5-4-20(26-18-8-16(21)7-17(22)9-18)19-3-2-13(6-14(19)12-25)15-10-23-24-11-15/h2-3,6-11,20H,4-5,12H2,1H3,(H,23,24). The van der Waals surface area contributed by atoms with Crippen LogP contribution in [-0.2, 0) is 6.54 Å². The summed E-state index contributed by atoms with van der Waals surface area (Å²) in [6, 6.07) is 9.48. The van der Waals surface area contributed by atoms with Crippen LogP contribution in [0.3, 0.4) is 0 Å². The van der Waals surface area contributed by atoms with Crippen LogP contribution in [0.2, 0.25) is 0 Å². The van der Waals surface area contributed by atoms with Gasteiger partial charge in [0.2, 0.25) is 0 Å². The van der Waals surface area contributed by atoms with Gasteiger partial charge in [0.1, 0.15) is 23.5 Å². The van der Waals surface area contributed by atoms with E-state index in [1.165, 1.54) is 12.1 Å². The molecule has 0 amide bonds. The van der Waals surface area contributed by atoms with Gasteiger partial charge in [-0.2, -0.15) is 5.10 Å². The van der Waals surface area contributed by atoms with Crippen molar-refractivity contribution in [3.8, 4) is 16.9 Å². The maximum Gasteiger partial charge on any atom is 0.129 e. The molecule has 4 rings (SSSR count). The number of halogens is 2. The van der Waals surface area contributed by atoms with Gasteiger partial charge in [-0.1, -0.05) is 12.1 Å². The third-order valence-electron chi connectivity index (χ3n) is 4.65. The number of hydrogen-bond acceptors (Lipinski definition) is 3. The molecule has 2 aromatic carbocycles. The molecule has 2 heterocycles. The summed E-state index contributed by atoms with van der Waals surface area (Å²) in [5, 5.41) is 6.83. The van der Waals surface area contributed by atoms with Crippen molar-refractivity contribution < 1.29 is 13.5 Å². The summed E-state index contributed by atoms with van der Waals surface area (Å²) >= 11 is 0. The van der Waals surface area contributed by atoms with Crippen molar-refractivity contribution in [3.63, 3.8) is 0 Å². The van der Waals surface area contributed by atoms with E-state index in [0.717, 1.165) is 47.8 Å². The number of aromatic nitrogens is 2. The number of hydrogen-bond donors (Lipinski definition) is 1. The van der Waals surface area contributed by atoms with E-state index in [1.54, 1.807) is 6.20 Å². The van der Waals surface area contributed by atoms with Gasteiger partial charge in [0, 0.05) is 49.5 Å². The van der Waals surface area contributed by atoms with E-state index >= 15 is 0 Å². The van der Waals surface area contributed by atoms with Crippen molar-refractivity contribution in [2.24, 2.45) is 0 Å². The van der Waals surface area contributed by atoms with Crippen molar-refractivity contribution in [1.82, 2.24) is 15.1 Å². The van der Waals surface area contributed by atoms with Crippen LogP contribution >= 0.6 is 0 Å². The van der Waals surface area contributed by atoms with Crippen molar-refractivity contribution >= 4 is 0 Å². The molecule has 4 nitrogen and oxygen atoms in total. The van der Waals surface area contributed by atoms with E-state index in [-0.39, 0.29) is 11.9 Å². The molecule has 1 aliphatic heterocycles. The summed E-state index contributed by atoms with van der Waals surface area (Å²) in [5.74, 6) is -1.07. The lowest BCUT2D eigenvalue weighted by atomic mass is 9.97. The first-order valence-electron chi connectivity index (χ1n) is 8.52. The summed E-state index contributed by atoms with van der Waals surface area (Å²) in [4.78, 5) is 2.22. The molecule has 1 aliphatic rings. The Morgan fingerprint density at radius 1 is 1.12 bits per heavy atom. The molecule has 0 saturated heterocycles. The number of benzene rings is 2. The highest BCUT2D eigenvalue weighted by atomic mass is 19.1. The monoisotopic (exact) mass is 355 g/mol. The van der Waals surface area contributed by atoms with Gasteiger partial charge in [-0.05, 0) is 29.8 Å². The number of ether oxygens (including phenoxy) is 1. The summed E-state index contributed by atoms with van der Waals surface area (Å²) in [6.45, 7) is 1.62. The average molecular weight is 355 g/mol. The molecule has 0 radical (unpaired) electrons. The number of nitrogens with zero attached hydrogens (tertiary/aromatic N) is 2. The van der Waals surface area contributed by atoms with Gasteiger partial charge in [-0.3, -0.25) is 5.10 Å². The molecule has 6 heteroatoms. The molecule has 0 saturated carbocycles. The fourth-order valence-corrected chi connectivity index (χ4v) is 3.39. The van der Waals surface area contributed by atoms with Crippen LogP contribution in [0.15, 0.2) is 48.8 Å². The van der Waals surface area contributed by atoms with Crippen molar-refractivity contribution in [3.05, 3.63) is 71.6 Å². The molecule has 1 aromatic heterocycles. The zero-order chi connectivity index (χ0) is 18.1. The Hall–Kier alpha value is -2.73. The quantitative estimate of drug-likeness (QED) is 0.761. The number of H-pyrrole nitrogens is 1. The molecule has 0 aliphatic carbocycles. The minimum atomic E-state index is -0.638. The SMILES string of the molecule is CN1CCC(Oc2cc(F)cc(F)c2)c2ccc(-c3cn[nH]c3)cc2C1. The van der Waals surface area contributed by atoms with Crippen molar-refractivity contribution in [2.75, 3.05) is 13.6 Å². The van der Waals surface area contributed by atoms with E-state index < -0.39 is 11.6 Å². The zero-order valence-electron chi connectivity index (χ0n) is 14.4. The van der Waals surface area contributed by atoms with Gasteiger partial charge < -0.3 is 9.64 Å². The third kappa shape index (κ3) is 3.46. The number of rotatable bonds is 3. The molecule has 0 fully saturated rings. The van der Waals surface area contributed by atoms with Gasteiger partial charge in [-0.25, -0.2) is 8.78 Å². The molecule has 134 valence electrons. The Morgan fingerprint density at radius 3 is 2.65 bits per heavy atom. The molecular weight excluding hydrogens is 336 g/mol. The predicted molar refractivity (Wildman–Crippen MR) is 94.7 cm³/mol. The molecule has 1 atom stereocenters.